The number of aryl methyl sites for hydroxylation is 4. The van der Waals surface area contributed by atoms with E-state index in [0.717, 1.165) is 142 Å². The summed E-state index contributed by atoms with van der Waals surface area (Å²) in [4.78, 5) is 74.1. The predicted octanol–water partition coefficient (Wildman–Crippen LogP) is 31.1. The van der Waals surface area contributed by atoms with Crippen LogP contribution in [0.1, 0.15) is 390 Å². The predicted molar refractivity (Wildman–Crippen MR) is 466 cm³/mol. The molecule has 7 unspecified atom stereocenters. The Morgan fingerprint density at radius 1 is 0.333 bits per heavy atom. The lowest BCUT2D eigenvalue weighted by Gasteiger charge is -2.24. The van der Waals surface area contributed by atoms with E-state index < -0.39 is 5.41 Å². The Hall–Kier alpha value is -4.04. The molecule has 0 N–H and O–H groups in total. The third-order valence-corrected chi connectivity index (χ3v) is 33.9. The van der Waals surface area contributed by atoms with Crippen LogP contribution >= 0.6 is 68.0 Å². The Morgan fingerprint density at radius 3 is 0.990 bits per heavy atom. The third kappa shape index (κ3) is 18.0. The highest BCUT2D eigenvalue weighted by atomic mass is 32.1. The fourth-order valence-electron chi connectivity index (χ4n) is 17.4. The summed E-state index contributed by atoms with van der Waals surface area (Å²) in [6.07, 6.45) is 38.5. The van der Waals surface area contributed by atoms with Crippen molar-refractivity contribution in [2.24, 2.45) is 35.5 Å². The van der Waals surface area contributed by atoms with Crippen molar-refractivity contribution in [1.29, 1.82) is 0 Å². The molecule has 8 heterocycles. The van der Waals surface area contributed by atoms with Crippen LogP contribution in [-0.4, -0.2) is 46.5 Å². The number of hydrogen-bond donors (Lipinski definition) is 0. The molecule has 0 saturated heterocycles. The first kappa shape index (κ1) is 83.4. The molecule has 6 nitrogen and oxygen atoms in total. The van der Waals surface area contributed by atoms with E-state index in [1.165, 1.54) is 161 Å². The van der Waals surface area contributed by atoms with Gasteiger partial charge in [-0.2, -0.15) is 0 Å². The quantitative estimate of drug-likeness (QED) is 0.0356. The van der Waals surface area contributed by atoms with Gasteiger partial charge in [0, 0.05) is 56.3 Å². The minimum absolute atomic E-state index is 0.173. The lowest BCUT2D eigenvalue weighted by atomic mass is 9.85. The van der Waals surface area contributed by atoms with Crippen LogP contribution in [-0.2, 0) is 31.1 Å². The average molecular weight is 1540 g/mol. The van der Waals surface area contributed by atoms with Crippen LogP contribution in [0, 0.1) is 35.5 Å². The van der Waals surface area contributed by atoms with Gasteiger partial charge in [0.2, 0.25) is 0 Å². The fourth-order valence-corrected chi connectivity index (χ4v) is 25.7. The molecule has 105 heavy (non-hydrogen) atoms. The van der Waals surface area contributed by atoms with Gasteiger partial charge in [-0.05, 0) is 192 Å². The van der Waals surface area contributed by atoms with Crippen LogP contribution < -0.4 is 0 Å². The molecule has 10 rings (SSSR count). The Labute approximate surface area is 659 Å². The zero-order chi connectivity index (χ0) is 75.4. The first-order valence-electron chi connectivity index (χ1n) is 42.9. The van der Waals surface area contributed by atoms with Crippen molar-refractivity contribution in [3.05, 3.63) is 78.5 Å². The van der Waals surface area contributed by atoms with Crippen molar-refractivity contribution in [1.82, 2.24) is 9.80 Å². The van der Waals surface area contributed by atoms with E-state index in [0.29, 0.717) is 62.9 Å². The molecule has 8 aromatic rings. The minimum Gasteiger partial charge on any atom is -0.274 e. The first-order valence-corrected chi connectivity index (χ1v) is 47.8. The maximum absolute atomic E-state index is 15.9. The highest BCUT2D eigenvalue weighted by Crippen LogP contribution is 2.57. The topological polar surface area (TPSA) is 74.8 Å². The number of benzene rings is 2. The second-order valence-electron chi connectivity index (χ2n) is 33.0. The third-order valence-electron chi connectivity index (χ3n) is 25.6. The van der Waals surface area contributed by atoms with Crippen LogP contribution in [0.2, 0.25) is 0 Å². The van der Waals surface area contributed by atoms with Gasteiger partial charge in [-0.25, -0.2) is 0 Å². The van der Waals surface area contributed by atoms with Crippen LogP contribution in [0.4, 0.5) is 0 Å². The van der Waals surface area contributed by atoms with Gasteiger partial charge >= 0.3 is 0 Å². The summed E-state index contributed by atoms with van der Waals surface area (Å²) in [6, 6.07) is 10.5. The van der Waals surface area contributed by atoms with Gasteiger partial charge in [0.25, 0.3) is 23.6 Å². The average Bonchev–Trinajstić information content (AvgIpc) is 1.55. The summed E-state index contributed by atoms with van der Waals surface area (Å²) in [6.45, 7) is 39.9. The van der Waals surface area contributed by atoms with Gasteiger partial charge in [-0.15, -0.1) is 68.0 Å². The van der Waals surface area contributed by atoms with Gasteiger partial charge in [0.15, 0.2) is 0 Å². The second kappa shape index (κ2) is 38.7. The number of carbonyl (C=O) groups is 4. The molecule has 7 atom stereocenters. The van der Waals surface area contributed by atoms with Gasteiger partial charge < -0.3 is 0 Å². The lowest BCUT2D eigenvalue weighted by molar-refractivity contribution is 0.0608. The van der Waals surface area contributed by atoms with E-state index in [2.05, 4.69) is 176 Å². The fraction of sp³-hybridized carbons (Fsp3) is 0.656. The number of amides is 4. The van der Waals surface area contributed by atoms with Gasteiger partial charge in [-0.3, -0.25) is 29.0 Å². The highest BCUT2D eigenvalue weighted by molar-refractivity contribution is 7.30. The molecule has 0 bridgehead atoms. The van der Waals surface area contributed by atoms with E-state index in [1.54, 1.807) is 51.9 Å². The molecule has 4 amide bonds. The van der Waals surface area contributed by atoms with Crippen LogP contribution in [0.3, 0.4) is 0 Å². The number of rotatable bonds is 47. The van der Waals surface area contributed by atoms with E-state index in [9.17, 15) is 0 Å². The van der Waals surface area contributed by atoms with E-state index in [4.69, 9.17) is 0 Å². The molecule has 2 aromatic carbocycles. The summed E-state index contributed by atoms with van der Waals surface area (Å²) in [5.74, 6) is 2.67. The van der Waals surface area contributed by atoms with Crippen LogP contribution in [0.25, 0.3) is 69.6 Å². The molecule has 2 aliphatic heterocycles. The maximum Gasteiger partial charge on any atom is 0.263 e. The van der Waals surface area contributed by atoms with Gasteiger partial charge in [-0.1, -0.05) is 259 Å². The Balaban J connectivity index is 1.24. The smallest absolute Gasteiger partial charge is 0.263 e. The van der Waals surface area contributed by atoms with Crippen LogP contribution in [0.5, 0.6) is 0 Å². The number of thiophene rings is 6. The number of carbonyl (C=O) groups excluding carboxylic acids is 4. The zero-order valence-corrected chi connectivity index (χ0v) is 73.2. The molecule has 0 aliphatic carbocycles. The molecule has 0 spiro atoms. The van der Waals surface area contributed by atoms with E-state index in [1.807, 2.05) is 11.3 Å². The Bertz CT molecular complexity index is 4080. The lowest BCUT2D eigenvalue weighted by Crippen LogP contribution is -2.35. The highest BCUT2D eigenvalue weighted by Gasteiger charge is 2.49. The summed E-state index contributed by atoms with van der Waals surface area (Å²) in [5.41, 5.74) is 7.57. The van der Waals surface area contributed by atoms with Gasteiger partial charge in [0.1, 0.15) is 0 Å². The number of hydrogen-bond acceptors (Lipinski definition) is 10. The van der Waals surface area contributed by atoms with Crippen molar-refractivity contribution < 1.29 is 19.2 Å². The van der Waals surface area contributed by atoms with E-state index >= 15 is 19.2 Å². The molecular weight excluding hydrogens is 1400 g/mol. The van der Waals surface area contributed by atoms with Crippen molar-refractivity contribution in [2.75, 3.05) is 13.1 Å². The summed E-state index contributed by atoms with van der Waals surface area (Å²) in [5, 5.41) is 5.80. The SMILES string of the molecule is CCCCC(CC)CCc1c2cc(-c3sc(-c4sc(C(C)(C)CC)c5c4C(=O)N(CC(CC)CCCC)C5=O)c4c3C(=O)N(CC(CC)CCCC)C4=O)sc2c(CCC(CC)CCCC)c2cc(-c3cc4c(CCC(CC)CCCC)c5sc(C(C)CC)cc5c(CCC(CC)CCCC)c4s3)sc12. The first-order chi connectivity index (χ1) is 50.8. The Kier molecular flexibility index (Phi) is 30.8. The molecule has 12 heteroatoms. The summed E-state index contributed by atoms with van der Waals surface area (Å²) >= 11 is 11.2. The Morgan fingerprint density at radius 2 is 0.638 bits per heavy atom. The molecule has 2 aliphatic rings. The molecule has 0 fully saturated rings. The molecule has 0 radical (unpaired) electrons. The van der Waals surface area contributed by atoms with Crippen molar-refractivity contribution >= 4 is 132 Å². The zero-order valence-electron chi connectivity index (χ0n) is 68.3. The maximum atomic E-state index is 15.9. The molecular formula is C93H134N2O4S6. The number of fused-ring (bicyclic) bond motifs is 6. The van der Waals surface area contributed by atoms with E-state index in [-0.39, 0.29) is 35.5 Å². The largest absolute Gasteiger partial charge is 0.274 e. The van der Waals surface area contributed by atoms with Crippen molar-refractivity contribution in [3.63, 3.8) is 0 Å². The monoisotopic (exact) mass is 1530 g/mol. The molecule has 0 saturated carbocycles. The van der Waals surface area contributed by atoms with Crippen molar-refractivity contribution in [2.45, 2.75) is 347 Å². The standard InChI is InChI=1S/C93H134N2O4S6/c1-18-32-38-59(25-8)44-48-65-69-52-73(58(15)24-7)100-81(69)66(49-45-60(26-9)39-33-19-2)70-53-74(101-82(65)70)75-54-71-67(50-46-61(27-10)40-34-20-3)84-72(68(83(71)102-75)51-47-62(28-11)41-35-21-4)55-76(103-84)85-77-78(90(97)94(89(77)96)56-63(29-12)42-36-22-5)86(104-85)87-79-80(88(105-87)93(16,17)31-14)92(99)95(91(79)98)57-64(30-13)43-37-23-6/h52-55,58-64H,18-51,56-57H2,1-17H3. The van der Waals surface area contributed by atoms with Gasteiger partial charge in [0.05, 0.1) is 36.9 Å². The summed E-state index contributed by atoms with van der Waals surface area (Å²) in [7, 11) is 0. The minimum atomic E-state index is -0.422. The normalized spacial score (nSPS) is 15.7. The molecule has 576 valence electrons. The number of unbranched alkanes of at least 4 members (excludes halogenated alkanes) is 6. The molecule has 6 aromatic heterocycles. The van der Waals surface area contributed by atoms with Crippen molar-refractivity contribution in [3.8, 4) is 29.3 Å². The van der Waals surface area contributed by atoms with Crippen LogP contribution in [0.15, 0.2) is 24.3 Å². The summed E-state index contributed by atoms with van der Waals surface area (Å²) < 4.78 is 5.88. The number of imide groups is 2. The number of nitrogens with zero attached hydrogens (tertiary/aromatic N) is 2. The second-order valence-corrected chi connectivity index (χ2v) is 39.3.